The molecule has 1 saturated carbocycles. The zero-order chi connectivity index (χ0) is 17.3. The van der Waals surface area contributed by atoms with E-state index in [4.69, 9.17) is 11.2 Å². The Bertz CT molecular complexity index is 706. The van der Waals surface area contributed by atoms with E-state index >= 15 is 0 Å². The minimum Gasteiger partial charge on any atom is -0.490 e. The topological polar surface area (TPSA) is 72.7 Å². The predicted octanol–water partition coefficient (Wildman–Crippen LogP) is 2.87. The van der Waals surface area contributed by atoms with Crippen LogP contribution < -0.4 is 4.74 Å². The number of ether oxygens (including phenoxy) is 1. The Hall–Kier alpha value is -2.55. The molecule has 0 bridgehead atoms. The highest BCUT2D eigenvalue weighted by Gasteiger charge is 2.45. The Morgan fingerprint density at radius 3 is 2.62 bits per heavy atom. The van der Waals surface area contributed by atoms with Gasteiger partial charge in [-0.2, -0.15) is 0 Å². The second kappa shape index (κ2) is 6.16. The van der Waals surface area contributed by atoms with Crippen LogP contribution in [0, 0.1) is 33.8 Å². The molecule has 3 rings (SSSR count). The van der Waals surface area contributed by atoms with Crippen molar-refractivity contribution < 1.29 is 14.5 Å². The van der Waals surface area contributed by atoms with Gasteiger partial charge in [-0.1, -0.05) is 0 Å². The van der Waals surface area contributed by atoms with Crippen LogP contribution in [0.5, 0.6) is 5.75 Å². The van der Waals surface area contributed by atoms with E-state index in [9.17, 15) is 14.9 Å². The van der Waals surface area contributed by atoms with Gasteiger partial charge in [0.2, 0.25) is 0 Å². The summed E-state index contributed by atoms with van der Waals surface area (Å²) >= 11 is 0. The lowest BCUT2D eigenvalue weighted by atomic mass is 9.58. The van der Waals surface area contributed by atoms with Crippen LogP contribution in [0.3, 0.4) is 0 Å². The van der Waals surface area contributed by atoms with Crippen molar-refractivity contribution in [2.24, 2.45) is 11.3 Å². The first-order valence-electron chi connectivity index (χ1n) is 8.06. The third-order valence-corrected chi connectivity index (χ3v) is 5.33. The van der Waals surface area contributed by atoms with Crippen molar-refractivity contribution in [3.05, 3.63) is 33.9 Å². The molecule has 1 amide bonds. The van der Waals surface area contributed by atoms with Crippen LogP contribution in [-0.4, -0.2) is 35.9 Å². The van der Waals surface area contributed by atoms with E-state index < -0.39 is 4.92 Å². The lowest BCUT2D eigenvalue weighted by Gasteiger charge is -2.50. The van der Waals surface area contributed by atoms with Gasteiger partial charge in [0.15, 0.2) is 5.75 Å². The minimum atomic E-state index is -0.518. The number of hydrogen-bond donors (Lipinski definition) is 0. The Morgan fingerprint density at radius 2 is 2.08 bits per heavy atom. The number of rotatable bonds is 3. The van der Waals surface area contributed by atoms with E-state index in [1.165, 1.54) is 25.3 Å². The molecule has 0 unspecified atom stereocenters. The molecule has 0 N–H and O–H groups in total. The van der Waals surface area contributed by atoms with Crippen molar-refractivity contribution in [3.8, 4) is 18.1 Å². The molecule has 1 spiro atoms. The summed E-state index contributed by atoms with van der Waals surface area (Å²) in [7, 11) is 1.36. The summed E-state index contributed by atoms with van der Waals surface area (Å²) in [6, 6.07) is 4.26. The normalized spacial score (nSPS) is 19.4. The number of nitro benzene ring substituents is 1. The van der Waals surface area contributed by atoms with Gasteiger partial charge in [-0.3, -0.25) is 14.9 Å². The number of amides is 1. The third-order valence-electron chi connectivity index (χ3n) is 5.33. The van der Waals surface area contributed by atoms with Crippen molar-refractivity contribution >= 4 is 11.6 Å². The standard InChI is InChI=1S/C18H20N2O4/c1-3-13-11-18(12-13)6-8-19(9-7-18)17(21)14-4-5-15(20(22)23)16(10-14)24-2/h1,4-5,10,13H,6-9,11-12H2,2H3. The van der Waals surface area contributed by atoms with Gasteiger partial charge in [0.25, 0.3) is 5.91 Å². The van der Waals surface area contributed by atoms with Crippen LogP contribution in [0.25, 0.3) is 0 Å². The highest BCUT2D eigenvalue weighted by Crippen LogP contribution is 2.52. The van der Waals surface area contributed by atoms with Crippen molar-refractivity contribution in [2.45, 2.75) is 25.7 Å². The largest absolute Gasteiger partial charge is 0.490 e. The second-order valence-corrected chi connectivity index (χ2v) is 6.71. The summed E-state index contributed by atoms with van der Waals surface area (Å²) in [4.78, 5) is 24.9. The quantitative estimate of drug-likeness (QED) is 0.486. The number of benzene rings is 1. The predicted molar refractivity (Wildman–Crippen MR) is 88.8 cm³/mol. The van der Waals surface area contributed by atoms with Crippen LogP contribution in [0.15, 0.2) is 18.2 Å². The summed E-state index contributed by atoms with van der Waals surface area (Å²) in [6.45, 7) is 1.41. The first-order valence-corrected chi connectivity index (χ1v) is 8.06. The molecule has 1 heterocycles. The van der Waals surface area contributed by atoms with Gasteiger partial charge < -0.3 is 9.64 Å². The van der Waals surface area contributed by atoms with Crippen LogP contribution in [0.1, 0.15) is 36.0 Å². The molecular formula is C18H20N2O4. The Kier molecular flexibility index (Phi) is 4.18. The van der Waals surface area contributed by atoms with Gasteiger partial charge in [-0.05, 0) is 37.2 Å². The highest BCUT2D eigenvalue weighted by molar-refractivity contribution is 5.95. The number of piperidine rings is 1. The minimum absolute atomic E-state index is 0.106. The number of nitrogens with zero attached hydrogens (tertiary/aromatic N) is 2. The average molecular weight is 328 g/mol. The number of methoxy groups -OCH3 is 1. The molecule has 126 valence electrons. The van der Waals surface area contributed by atoms with E-state index in [0.29, 0.717) is 30.0 Å². The molecule has 6 heteroatoms. The maximum atomic E-state index is 12.7. The van der Waals surface area contributed by atoms with Crippen LogP contribution in [-0.2, 0) is 0 Å². The summed E-state index contributed by atoms with van der Waals surface area (Å²) in [6.07, 6.45) is 9.54. The van der Waals surface area contributed by atoms with E-state index in [1.807, 2.05) is 4.90 Å². The van der Waals surface area contributed by atoms with Gasteiger partial charge in [0.1, 0.15) is 0 Å². The van der Waals surface area contributed by atoms with E-state index in [2.05, 4.69) is 5.92 Å². The van der Waals surface area contributed by atoms with Gasteiger partial charge in [-0.25, -0.2) is 0 Å². The van der Waals surface area contributed by atoms with Crippen LogP contribution >= 0.6 is 0 Å². The molecule has 2 aliphatic rings. The van der Waals surface area contributed by atoms with Crippen LogP contribution in [0.2, 0.25) is 0 Å². The number of nitro groups is 1. The van der Waals surface area contributed by atoms with E-state index in [0.717, 1.165) is 25.7 Å². The zero-order valence-electron chi connectivity index (χ0n) is 13.7. The Morgan fingerprint density at radius 1 is 1.42 bits per heavy atom. The summed E-state index contributed by atoms with van der Waals surface area (Å²) in [5, 5.41) is 10.9. The molecule has 2 fully saturated rings. The Labute approximate surface area is 140 Å². The van der Waals surface area contributed by atoms with Gasteiger partial charge in [0, 0.05) is 36.7 Å². The molecular weight excluding hydrogens is 308 g/mol. The lowest BCUT2D eigenvalue weighted by Crippen LogP contribution is -2.48. The monoisotopic (exact) mass is 328 g/mol. The number of carbonyl (C=O) groups is 1. The summed E-state index contributed by atoms with van der Waals surface area (Å²) < 4.78 is 5.04. The maximum Gasteiger partial charge on any atom is 0.310 e. The molecule has 1 aromatic carbocycles. The van der Waals surface area contributed by atoms with E-state index in [-0.39, 0.29) is 17.3 Å². The Balaban J connectivity index is 1.68. The van der Waals surface area contributed by atoms with Crippen LogP contribution in [0.4, 0.5) is 5.69 Å². The molecule has 0 radical (unpaired) electrons. The fraction of sp³-hybridized carbons (Fsp3) is 0.500. The molecule has 0 atom stereocenters. The maximum absolute atomic E-state index is 12.7. The SMILES string of the molecule is C#CC1CC2(CCN(C(=O)c3ccc([N+](=O)[O-])c(OC)c3)CC2)C1. The number of hydrogen-bond acceptors (Lipinski definition) is 4. The average Bonchev–Trinajstić information content (AvgIpc) is 2.58. The molecule has 1 aliphatic heterocycles. The third kappa shape index (κ3) is 2.82. The molecule has 0 aromatic heterocycles. The number of terminal acetylenes is 1. The fourth-order valence-electron chi connectivity index (χ4n) is 3.84. The molecule has 24 heavy (non-hydrogen) atoms. The van der Waals surface area contributed by atoms with Gasteiger partial charge in [0.05, 0.1) is 12.0 Å². The first kappa shape index (κ1) is 16.3. The van der Waals surface area contributed by atoms with Crippen molar-refractivity contribution in [1.82, 2.24) is 4.90 Å². The molecule has 1 aliphatic carbocycles. The fourth-order valence-corrected chi connectivity index (χ4v) is 3.84. The van der Waals surface area contributed by atoms with Crippen molar-refractivity contribution in [1.29, 1.82) is 0 Å². The van der Waals surface area contributed by atoms with Crippen molar-refractivity contribution in [3.63, 3.8) is 0 Å². The van der Waals surface area contributed by atoms with E-state index in [1.54, 1.807) is 0 Å². The number of likely N-dealkylation sites (tertiary alicyclic amines) is 1. The highest BCUT2D eigenvalue weighted by atomic mass is 16.6. The smallest absolute Gasteiger partial charge is 0.310 e. The summed E-state index contributed by atoms with van der Waals surface area (Å²) in [5.74, 6) is 3.21. The zero-order valence-corrected chi connectivity index (χ0v) is 13.7. The second-order valence-electron chi connectivity index (χ2n) is 6.71. The van der Waals surface area contributed by atoms with Gasteiger partial charge in [-0.15, -0.1) is 12.3 Å². The first-order chi connectivity index (χ1) is 11.5. The lowest BCUT2D eigenvalue weighted by molar-refractivity contribution is -0.385. The summed E-state index contributed by atoms with van der Waals surface area (Å²) in [5.41, 5.74) is 0.603. The molecule has 6 nitrogen and oxygen atoms in total. The molecule has 1 saturated heterocycles. The van der Waals surface area contributed by atoms with Crippen molar-refractivity contribution in [2.75, 3.05) is 20.2 Å². The van der Waals surface area contributed by atoms with Gasteiger partial charge >= 0.3 is 5.69 Å². The molecule has 1 aromatic rings. The number of carbonyl (C=O) groups excluding carboxylic acids is 1.